The summed E-state index contributed by atoms with van der Waals surface area (Å²) in [6.45, 7) is 1.85. The Morgan fingerprint density at radius 3 is 2.62 bits per heavy atom. The summed E-state index contributed by atoms with van der Waals surface area (Å²) in [6, 6.07) is 1.88. The van der Waals surface area contributed by atoms with Gasteiger partial charge in [-0.15, -0.1) is 0 Å². The summed E-state index contributed by atoms with van der Waals surface area (Å²) in [4.78, 5) is 4.35. The molecule has 0 atom stereocenters. The van der Waals surface area contributed by atoms with Crippen LogP contribution in [0.15, 0.2) is 5.16 Å². The average molecular weight is 112 g/mol. The van der Waals surface area contributed by atoms with Crippen LogP contribution in [0.3, 0.4) is 0 Å². The van der Waals surface area contributed by atoms with E-state index in [0.717, 1.165) is 0 Å². The van der Waals surface area contributed by atoms with Crippen LogP contribution in [0.4, 0.5) is 0 Å². The largest absolute Gasteiger partial charge is 0.398 e. The number of nitrogens with zero attached hydrogens (tertiary/aromatic N) is 2. The number of hydrogen-bond donors (Lipinski definition) is 0. The van der Waals surface area contributed by atoms with Crippen LogP contribution in [0.5, 0.6) is 0 Å². The highest BCUT2D eigenvalue weighted by Crippen LogP contribution is 1.82. The molecule has 0 radical (unpaired) electrons. The van der Waals surface area contributed by atoms with Gasteiger partial charge in [-0.1, -0.05) is 12.1 Å². The molecule has 0 aliphatic carbocycles. The van der Waals surface area contributed by atoms with Crippen molar-refractivity contribution in [2.75, 3.05) is 7.11 Å². The fourth-order valence-electron chi connectivity index (χ4n) is 0.274. The fourth-order valence-corrected chi connectivity index (χ4v) is 0.274. The molecule has 0 N–H and O–H groups in total. The van der Waals surface area contributed by atoms with Crippen LogP contribution >= 0.6 is 0 Å². The van der Waals surface area contributed by atoms with Gasteiger partial charge in [0.25, 0.3) is 0 Å². The van der Waals surface area contributed by atoms with E-state index in [1.807, 2.05) is 13.0 Å². The van der Waals surface area contributed by atoms with Crippen molar-refractivity contribution in [1.82, 2.24) is 0 Å². The molecule has 0 heterocycles. The van der Waals surface area contributed by atoms with Crippen molar-refractivity contribution in [2.24, 2.45) is 5.16 Å². The predicted octanol–water partition coefficient (Wildman–Crippen LogP) is 0.922. The Bertz CT molecular complexity index is 123. The predicted molar refractivity (Wildman–Crippen MR) is 30.3 cm³/mol. The standard InChI is InChI=1S/C5H8N2O/c1-3-5(4-6)7-8-2/h3H2,1-2H3/b7-5-. The lowest BCUT2D eigenvalue weighted by atomic mass is 10.3. The molecule has 0 fully saturated rings. The van der Waals surface area contributed by atoms with Crippen LogP contribution in [-0.2, 0) is 4.84 Å². The molecule has 0 spiro atoms. The zero-order chi connectivity index (χ0) is 6.41. The summed E-state index contributed by atoms with van der Waals surface area (Å²) in [5.74, 6) is 0. The number of rotatable bonds is 2. The maximum Gasteiger partial charge on any atom is 0.156 e. The van der Waals surface area contributed by atoms with Gasteiger partial charge in [0.15, 0.2) is 5.71 Å². The number of nitriles is 1. The molecule has 0 bridgehead atoms. The van der Waals surface area contributed by atoms with Gasteiger partial charge in [-0.25, -0.2) is 0 Å². The number of oxime groups is 1. The zero-order valence-electron chi connectivity index (χ0n) is 5.01. The molecular weight excluding hydrogens is 104 g/mol. The first-order valence-corrected chi connectivity index (χ1v) is 2.35. The summed E-state index contributed by atoms with van der Waals surface area (Å²) in [5, 5.41) is 11.6. The first kappa shape index (κ1) is 6.96. The second-order valence-electron chi connectivity index (χ2n) is 1.19. The SMILES string of the molecule is CC/C(C#N)=N/OC. The molecule has 3 heteroatoms. The molecule has 0 aliphatic rings. The normalized spacial score (nSPS) is 10.4. The topological polar surface area (TPSA) is 45.4 Å². The van der Waals surface area contributed by atoms with Gasteiger partial charge in [0.05, 0.1) is 0 Å². The van der Waals surface area contributed by atoms with E-state index < -0.39 is 0 Å². The molecule has 0 saturated carbocycles. The van der Waals surface area contributed by atoms with Crippen molar-refractivity contribution in [3.63, 3.8) is 0 Å². The van der Waals surface area contributed by atoms with Crippen molar-refractivity contribution in [3.05, 3.63) is 0 Å². The molecular formula is C5H8N2O. The van der Waals surface area contributed by atoms with Gasteiger partial charge >= 0.3 is 0 Å². The molecule has 0 aromatic heterocycles. The summed E-state index contributed by atoms with van der Waals surface area (Å²) >= 11 is 0. The molecule has 3 nitrogen and oxygen atoms in total. The van der Waals surface area contributed by atoms with Crippen molar-refractivity contribution < 1.29 is 4.84 Å². The van der Waals surface area contributed by atoms with Crippen molar-refractivity contribution in [2.45, 2.75) is 13.3 Å². The van der Waals surface area contributed by atoms with E-state index in [1.165, 1.54) is 7.11 Å². The lowest BCUT2D eigenvalue weighted by molar-refractivity contribution is 0.213. The van der Waals surface area contributed by atoms with Crippen molar-refractivity contribution in [3.8, 4) is 6.07 Å². The van der Waals surface area contributed by atoms with Crippen LogP contribution in [-0.4, -0.2) is 12.8 Å². The molecule has 0 amide bonds. The van der Waals surface area contributed by atoms with Crippen molar-refractivity contribution >= 4 is 5.71 Å². The van der Waals surface area contributed by atoms with E-state index in [2.05, 4.69) is 9.99 Å². The van der Waals surface area contributed by atoms with Gasteiger partial charge in [0, 0.05) is 6.42 Å². The van der Waals surface area contributed by atoms with E-state index in [1.54, 1.807) is 0 Å². The van der Waals surface area contributed by atoms with Crippen LogP contribution in [0.25, 0.3) is 0 Å². The zero-order valence-corrected chi connectivity index (χ0v) is 5.01. The minimum absolute atomic E-state index is 0.424. The maximum absolute atomic E-state index is 8.20. The Hall–Kier alpha value is -1.04. The smallest absolute Gasteiger partial charge is 0.156 e. The molecule has 44 valence electrons. The quantitative estimate of drug-likeness (QED) is 0.394. The molecule has 0 aromatic carbocycles. The van der Waals surface area contributed by atoms with Crippen LogP contribution in [0.2, 0.25) is 0 Å². The molecule has 0 rings (SSSR count). The lowest BCUT2D eigenvalue weighted by Gasteiger charge is -1.86. The lowest BCUT2D eigenvalue weighted by Crippen LogP contribution is -1.90. The average Bonchev–Trinajstić information content (AvgIpc) is 1.83. The summed E-state index contributed by atoms with van der Waals surface area (Å²) in [7, 11) is 1.42. The van der Waals surface area contributed by atoms with Gasteiger partial charge in [-0.2, -0.15) is 5.26 Å². The molecule has 8 heavy (non-hydrogen) atoms. The van der Waals surface area contributed by atoms with Gasteiger partial charge < -0.3 is 4.84 Å². The molecule has 0 saturated heterocycles. The fraction of sp³-hybridized carbons (Fsp3) is 0.600. The minimum Gasteiger partial charge on any atom is -0.398 e. The highest BCUT2D eigenvalue weighted by molar-refractivity contribution is 5.97. The Kier molecular flexibility index (Phi) is 3.59. The Labute approximate surface area is 48.6 Å². The second-order valence-corrected chi connectivity index (χ2v) is 1.19. The summed E-state index contributed by atoms with van der Waals surface area (Å²) in [6.07, 6.45) is 0.629. The van der Waals surface area contributed by atoms with Crippen LogP contribution in [0.1, 0.15) is 13.3 Å². The van der Waals surface area contributed by atoms with E-state index in [-0.39, 0.29) is 0 Å². The third-order valence-electron chi connectivity index (χ3n) is 0.665. The summed E-state index contributed by atoms with van der Waals surface area (Å²) < 4.78 is 0. The van der Waals surface area contributed by atoms with Crippen molar-refractivity contribution in [1.29, 1.82) is 5.26 Å². The Morgan fingerprint density at radius 2 is 2.50 bits per heavy atom. The molecule has 0 unspecified atom stereocenters. The minimum atomic E-state index is 0.424. The van der Waals surface area contributed by atoms with Gasteiger partial charge in [-0.05, 0) is 0 Å². The van der Waals surface area contributed by atoms with E-state index in [4.69, 9.17) is 5.26 Å². The Morgan fingerprint density at radius 1 is 1.88 bits per heavy atom. The van der Waals surface area contributed by atoms with Gasteiger partial charge in [0.2, 0.25) is 0 Å². The van der Waals surface area contributed by atoms with Crippen LogP contribution < -0.4 is 0 Å². The third-order valence-corrected chi connectivity index (χ3v) is 0.665. The van der Waals surface area contributed by atoms with E-state index in [0.29, 0.717) is 12.1 Å². The number of hydrogen-bond acceptors (Lipinski definition) is 3. The first-order chi connectivity index (χ1) is 3.85. The summed E-state index contributed by atoms with van der Waals surface area (Å²) in [5.41, 5.74) is 0.424. The second kappa shape index (κ2) is 4.13. The first-order valence-electron chi connectivity index (χ1n) is 2.35. The maximum atomic E-state index is 8.20. The van der Waals surface area contributed by atoms with Gasteiger partial charge in [-0.3, -0.25) is 0 Å². The van der Waals surface area contributed by atoms with Crippen LogP contribution in [0, 0.1) is 11.3 Å². The monoisotopic (exact) mass is 112 g/mol. The van der Waals surface area contributed by atoms with E-state index in [9.17, 15) is 0 Å². The Balaban J connectivity index is 3.72. The molecule has 0 aromatic rings. The highest BCUT2D eigenvalue weighted by atomic mass is 16.6. The highest BCUT2D eigenvalue weighted by Gasteiger charge is 1.88. The van der Waals surface area contributed by atoms with E-state index >= 15 is 0 Å². The third kappa shape index (κ3) is 2.19. The molecule has 0 aliphatic heterocycles. The van der Waals surface area contributed by atoms with Gasteiger partial charge in [0.1, 0.15) is 13.2 Å².